The van der Waals surface area contributed by atoms with Crippen LogP contribution >= 0.6 is 0 Å². The number of likely N-dealkylation sites (tertiary alicyclic amines) is 1. The van der Waals surface area contributed by atoms with Gasteiger partial charge in [-0.2, -0.15) is 0 Å². The van der Waals surface area contributed by atoms with Crippen molar-refractivity contribution in [1.82, 2.24) is 4.90 Å². The second-order valence-electron chi connectivity index (χ2n) is 6.60. The monoisotopic (exact) mass is 340 g/mol. The summed E-state index contributed by atoms with van der Waals surface area (Å²) in [6.45, 7) is 3.43. The topological polar surface area (TPSA) is 33.7 Å². The van der Waals surface area contributed by atoms with Crippen LogP contribution in [-0.2, 0) is 6.42 Å². The standard InChI is InChI=1S/C21H28N2O2/c1-24-20-14-19(15-21(16-20)25-2)22-18-9-12-23(13-10-18)11-8-17-6-4-3-5-7-17/h3-7,14-16,18,22H,8-13H2,1-2H3. The zero-order valence-corrected chi connectivity index (χ0v) is 15.2. The van der Waals surface area contributed by atoms with Crippen LogP contribution < -0.4 is 14.8 Å². The normalized spacial score (nSPS) is 15.8. The molecule has 1 heterocycles. The number of anilines is 1. The van der Waals surface area contributed by atoms with Gasteiger partial charge in [-0.15, -0.1) is 0 Å². The van der Waals surface area contributed by atoms with E-state index in [-0.39, 0.29) is 0 Å². The third-order valence-electron chi connectivity index (χ3n) is 4.87. The molecule has 1 N–H and O–H groups in total. The number of benzene rings is 2. The Labute approximate surface area is 150 Å². The molecular formula is C21H28N2O2. The molecule has 0 saturated carbocycles. The lowest BCUT2D eigenvalue weighted by Gasteiger charge is -2.33. The molecule has 0 aliphatic carbocycles. The van der Waals surface area contributed by atoms with Crippen LogP contribution in [0, 0.1) is 0 Å². The van der Waals surface area contributed by atoms with Crippen molar-refractivity contribution in [3.63, 3.8) is 0 Å². The summed E-state index contributed by atoms with van der Waals surface area (Å²) in [5, 5.41) is 3.64. The lowest BCUT2D eigenvalue weighted by molar-refractivity contribution is 0.221. The van der Waals surface area contributed by atoms with Gasteiger partial charge in [-0.25, -0.2) is 0 Å². The van der Waals surface area contributed by atoms with Gasteiger partial charge in [-0.1, -0.05) is 30.3 Å². The van der Waals surface area contributed by atoms with E-state index in [1.165, 1.54) is 5.56 Å². The fourth-order valence-electron chi connectivity index (χ4n) is 3.36. The maximum Gasteiger partial charge on any atom is 0.124 e. The minimum Gasteiger partial charge on any atom is -0.497 e. The van der Waals surface area contributed by atoms with Gasteiger partial charge in [0.2, 0.25) is 0 Å². The van der Waals surface area contributed by atoms with Gasteiger partial charge in [-0.3, -0.25) is 0 Å². The average Bonchev–Trinajstić information content (AvgIpc) is 2.68. The maximum absolute atomic E-state index is 5.35. The highest BCUT2D eigenvalue weighted by molar-refractivity contribution is 5.54. The van der Waals surface area contributed by atoms with Gasteiger partial charge in [-0.05, 0) is 24.8 Å². The Morgan fingerprint density at radius 3 is 2.20 bits per heavy atom. The first-order valence-electron chi connectivity index (χ1n) is 9.02. The zero-order valence-electron chi connectivity index (χ0n) is 15.2. The Morgan fingerprint density at radius 1 is 0.960 bits per heavy atom. The molecular weight excluding hydrogens is 312 g/mol. The van der Waals surface area contributed by atoms with Crippen molar-refractivity contribution in [2.24, 2.45) is 0 Å². The Bertz CT molecular complexity index is 630. The largest absolute Gasteiger partial charge is 0.497 e. The van der Waals surface area contributed by atoms with Crippen LogP contribution in [0.5, 0.6) is 11.5 Å². The SMILES string of the molecule is COc1cc(NC2CCN(CCc3ccccc3)CC2)cc(OC)c1. The van der Waals surface area contributed by atoms with E-state index in [0.29, 0.717) is 6.04 Å². The predicted octanol–water partition coefficient (Wildman–Crippen LogP) is 3.82. The molecule has 25 heavy (non-hydrogen) atoms. The molecule has 1 aliphatic heterocycles. The lowest BCUT2D eigenvalue weighted by atomic mass is 10.0. The lowest BCUT2D eigenvalue weighted by Crippen LogP contribution is -2.40. The zero-order chi connectivity index (χ0) is 17.5. The molecule has 2 aromatic rings. The molecule has 1 saturated heterocycles. The minimum absolute atomic E-state index is 0.504. The molecule has 0 aromatic heterocycles. The van der Waals surface area contributed by atoms with E-state index in [1.807, 2.05) is 18.2 Å². The molecule has 0 atom stereocenters. The van der Waals surface area contributed by atoms with E-state index in [2.05, 4.69) is 40.5 Å². The van der Waals surface area contributed by atoms with Crippen LogP contribution in [0.1, 0.15) is 18.4 Å². The molecule has 2 aromatic carbocycles. The number of hydrogen-bond donors (Lipinski definition) is 1. The number of piperidine rings is 1. The number of nitrogens with zero attached hydrogens (tertiary/aromatic N) is 1. The van der Waals surface area contributed by atoms with Crippen molar-refractivity contribution in [3.05, 3.63) is 54.1 Å². The molecule has 0 radical (unpaired) electrons. The third kappa shape index (κ3) is 5.13. The van der Waals surface area contributed by atoms with Crippen molar-refractivity contribution >= 4 is 5.69 Å². The molecule has 4 heteroatoms. The van der Waals surface area contributed by atoms with Crippen molar-refractivity contribution in [2.45, 2.75) is 25.3 Å². The van der Waals surface area contributed by atoms with Crippen molar-refractivity contribution < 1.29 is 9.47 Å². The third-order valence-corrected chi connectivity index (χ3v) is 4.87. The summed E-state index contributed by atoms with van der Waals surface area (Å²) in [4.78, 5) is 2.57. The molecule has 134 valence electrons. The molecule has 0 spiro atoms. The summed E-state index contributed by atoms with van der Waals surface area (Å²) in [7, 11) is 3.37. The first kappa shape index (κ1) is 17.6. The number of ether oxygens (including phenoxy) is 2. The number of rotatable bonds is 7. The highest BCUT2D eigenvalue weighted by atomic mass is 16.5. The molecule has 0 unspecified atom stereocenters. The van der Waals surface area contributed by atoms with Crippen LogP contribution in [0.2, 0.25) is 0 Å². The Balaban J connectivity index is 1.48. The summed E-state index contributed by atoms with van der Waals surface area (Å²) < 4.78 is 10.7. The number of methoxy groups -OCH3 is 2. The Hall–Kier alpha value is -2.20. The Morgan fingerprint density at radius 2 is 1.60 bits per heavy atom. The summed E-state index contributed by atoms with van der Waals surface area (Å²) >= 11 is 0. The second kappa shape index (κ2) is 8.77. The summed E-state index contributed by atoms with van der Waals surface area (Å²) in [5.41, 5.74) is 2.49. The molecule has 4 nitrogen and oxygen atoms in total. The summed E-state index contributed by atoms with van der Waals surface area (Å²) in [6.07, 6.45) is 3.45. The second-order valence-corrected chi connectivity index (χ2v) is 6.60. The maximum atomic E-state index is 5.35. The van der Waals surface area contributed by atoms with E-state index in [0.717, 1.165) is 56.1 Å². The fraction of sp³-hybridized carbons (Fsp3) is 0.429. The van der Waals surface area contributed by atoms with Crippen LogP contribution in [-0.4, -0.2) is 44.8 Å². The van der Waals surface area contributed by atoms with Crippen LogP contribution in [0.4, 0.5) is 5.69 Å². The highest BCUT2D eigenvalue weighted by Gasteiger charge is 2.19. The minimum atomic E-state index is 0.504. The van der Waals surface area contributed by atoms with Crippen LogP contribution in [0.15, 0.2) is 48.5 Å². The van der Waals surface area contributed by atoms with Crippen molar-refractivity contribution in [2.75, 3.05) is 39.2 Å². The van der Waals surface area contributed by atoms with Crippen molar-refractivity contribution in [1.29, 1.82) is 0 Å². The van der Waals surface area contributed by atoms with Crippen molar-refractivity contribution in [3.8, 4) is 11.5 Å². The van der Waals surface area contributed by atoms with Crippen LogP contribution in [0.3, 0.4) is 0 Å². The van der Waals surface area contributed by atoms with E-state index in [4.69, 9.17) is 9.47 Å². The van der Waals surface area contributed by atoms with E-state index in [1.54, 1.807) is 14.2 Å². The van der Waals surface area contributed by atoms with Gasteiger partial charge in [0, 0.05) is 49.6 Å². The van der Waals surface area contributed by atoms with Crippen LogP contribution in [0.25, 0.3) is 0 Å². The van der Waals surface area contributed by atoms with Gasteiger partial charge in [0.1, 0.15) is 11.5 Å². The molecule has 0 bridgehead atoms. The van der Waals surface area contributed by atoms with Gasteiger partial charge in [0.15, 0.2) is 0 Å². The quantitative estimate of drug-likeness (QED) is 0.831. The first-order valence-corrected chi connectivity index (χ1v) is 9.02. The molecule has 1 fully saturated rings. The molecule has 1 aliphatic rings. The molecule has 3 rings (SSSR count). The van der Waals surface area contributed by atoms with E-state index < -0.39 is 0 Å². The highest BCUT2D eigenvalue weighted by Crippen LogP contribution is 2.27. The summed E-state index contributed by atoms with van der Waals surface area (Å²) in [5.74, 6) is 1.64. The fourth-order valence-corrected chi connectivity index (χ4v) is 3.36. The predicted molar refractivity (Wildman–Crippen MR) is 103 cm³/mol. The first-order chi connectivity index (χ1) is 12.3. The molecule has 0 amide bonds. The Kier molecular flexibility index (Phi) is 6.18. The van der Waals surface area contributed by atoms with E-state index >= 15 is 0 Å². The van der Waals surface area contributed by atoms with Gasteiger partial charge >= 0.3 is 0 Å². The van der Waals surface area contributed by atoms with E-state index in [9.17, 15) is 0 Å². The summed E-state index contributed by atoms with van der Waals surface area (Å²) in [6, 6.07) is 17.2. The van der Waals surface area contributed by atoms with Gasteiger partial charge in [0.05, 0.1) is 14.2 Å². The smallest absolute Gasteiger partial charge is 0.124 e. The average molecular weight is 340 g/mol. The number of hydrogen-bond acceptors (Lipinski definition) is 4. The number of nitrogens with one attached hydrogen (secondary N) is 1. The van der Waals surface area contributed by atoms with Gasteiger partial charge < -0.3 is 19.7 Å². The van der Waals surface area contributed by atoms with Gasteiger partial charge in [0.25, 0.3) is 0 Å².